The van der Waals surface area contributed by atoms with E-state index in [0.29, 0.717) is 0 Å². The van der Waals surface area contributed by atoms with Crippen LogP contribution in [0.4, 0.5) is 0 Å². The van der Waals surface area contributed by atoms with E-state index in [1.54, 1.807) is 20.8 Å². The quantitative estimate of drug-likeness (QED) is 0.673. The Balaban J connectivity index is 4.93. The molecule has 0 radical (unpaired) electrons. The van der Waals surface area contributed by atoms with E-state index in [-0.39, 0.29) is 5.91 Å². The molecule has 1 unspecified atom stereocenters. The molecule has 0 aliphatic heterocycles. The van der Waals surface area contributed by atoms with Gasteiger partial charge in [-0.2, -0.15) is 0 Å². The lowest BCUT2D eigenvalue weighted by Gasteiger charge is -2.30. The van der Waals surface area contributed by atoms with E-state index in [1.807, 2.05) is 20.8 Å². The van der Waals surface area contributed by atoms with Gasteiger partial charge in [-0.05, 0) is 12.3 Å². The molecule has 2 nitrogen and oxygen atoms in total. The molecule has 0 aliphatic rings. The van der Waals surface area contributed by atoms with Gasteiger partial charge in [-0.1, -0.05) is 41.5 Å². The first-order valence-corrected chi connectivity index (χ1v) is 4.57. The van der Waals surface area contributed by atoms with Crippen molar-refractivity contribution in [2.24, 2.45) is 10.8 Å². The predicted molar refractivity (Wildman–Crippen MR) is 56.5 cm³/mol. The van der Waals surface area contributed by atoms with Crippen molar-refractivity contribution < 1.29 is 8.91 Å². The van der Waals surface area contributed by atoms with E-state index in [2.05, 4.69) is 5.32 Å². The topological polar surface area (TPSA) is 29.1 Å². The number of hydrogen-bond acceptors (Lipinski definition) is 1. The molecule has 1 amide bonds. The van der Waals surface area contributed by atoms with Gasteiger partial charge in [0.1, 0.15) is 0 Å². The molecule has 0 bridgehead atoms. The fourth-order valence-corrected chi connectivity index (χ4v) is 0.564. The summed E-state index contributed by atoms with van der Waals surface area (Å²) in [7, 11) is 0. The number of hydrogen-bond donors (Lipinski definition) is 1. The summed E-state index contributed by atoms with van der Waals surface area (Å²) in [5.74, 6) is -0.233. The zero-order chi connectivity index (χ0) is 13.4. The van der Waals surface area contributed by atoms with Crippen LogP contribution in [0.5, 0.6) is 0 Å². The van der Waals surface area contributed by atoms with Crippen molar-refractivity contribution in [3.8, 4) is 0 Å². The summed E-state index contributed by atoms with van der Waals surface area (Å²) in [6.45, 7) is 8.55. The van der Waals surface area contributed by atoms with Crippen LogP contribution in [-0.2, 0) is 4.79 Å². The van der Waals surface area contributed by atoms with E-state index in [4.69, 9.17) is 4.11 Å². The highest BCUT2D eigenvalue weighted by Crippen LogP contribution is 2.20. The molecule has 0 aromatic heterocycles. The van der Waals surface area contributed by atoms with Gasteiger partial charge in [-0.25, -0.2) is 0 Å². The predicted octanol–water partition coefficient (Wildman–Crippen LogP) is 2.58. The Morgan fingerprint density at radius 2 is 1.69 bits per heavy atom. The van der Waals surface area contributed by atoms with Crippen LogP contribution in [0.1, 0.15) is 52.5 Å². The summed E-state index contributed by atoms with van der Waals surface area (Å²) in [6.07, 6.45) is 0. The van der Waals surface area contributed by atoms with Crippen LogP contribution in [0.3, 0.4) is 0 Å². The molecular formula is C11H23NO. The smallest absolute Gasteiger partial charge is 0.225 e. The van der Waals surface area contributed by atoms with Gasteiger partial charge in [0.2, 0.25) is 5.91 Å². The maximum absolute atomic E-state index is 11.8. The van der Waals surface area contributed by atoms with Crippen LogP contribution in [0, 0.1) is 10.8 Å². The van der Waals surface area contributed by atoms with Gasteiger partial charge in [0, 0.05) is 15.6 Å². The monoisotopic (exact) mass is 188 g/mol. The Morgan fingerprint density at radius 3 is 1.92 bits per heavy atom. The van der Waals surface area contributed by atoms with Gasteiger partial charge in [0.05, 0.1) is 0 Å². The molecule has 0 aromatic rings. The first-order chi connectivity index (χ1) is 6.76. The highest BCUT2D eigenvalue weighted by atomic mass is 16.2. The van der Waals surface area contributed by atoms with Crippen molar-refractivity contribution in [1.29, 1.82) is 0 Å². The lowest BCUT2D eigenvalue weighted by molar-refractivity contribution is -0.129. The Labute approximate surface area is 86.3 Å². The van der Waals surface area contributed by atoms with Crippen molar-refractivity contribution in [3.63, 3.8) is 0 Å². The fourth-order valence-electron chi connectivity index (χ4n) is 0.564. The number of carbonyl (C=O) groups excluding carboxylic acids is 1. The van der Waals surface area contributed by atoms with Gasteiger partial charge in [-0.3, -0.25) is 4.79 Å². The number of carbonyl (C=O) groups is 1. The Hall–Kier alpha value is -0.530. The summed E-state index contributed by atoms with van der Waals surface area (Å²) < 4.78 is 22.4. The normalized spacial score (nSPS) is 19.7. The van der Waals surface area contributed by atoms with E-state index in [9.17, 15) is 4.79 Å². The molecule has 0 rings (SSSR count). The number of amides is 1. The zero-order valence-corrected chi connectivity index (χ0v) is 9.49. The maximum Gasteiger partial charge on any atom is 0.225 e. The van der Waals surface area contributed by atoms with Crippen molar-refractivity contribution >= 4 is 5.91 Å². The Morgan fingerprint density at radius 1 is 1.23 bits per heavy atom. The minimum Gasteiger partial charge on any atom is -0.353 e. The lowest BCUT2D eigenvalue weighted by Crippen LogP contribution is -2.46. The van der Waals surface area contributed by atoms with E-state index in [0.717, 1.165) is 0 Å². The van der Waals surface area contributed by atoms with Crippen molar-refractivity contribution in [2.45, 2.75) is 54.4 Å². The third kappa shape index (κ3) is 4.30. The van der Waals surface area contributed by atoms with E-state index < -0.39 is 23.7 Å². The molecule has 0 spiro atoms. The van der Waals surface area contributed by atoms with Crippen LogP contribution in [0.25, 0.3) is 0 Å². The van der Waals surface area contributed by atoms with Gasteiger partial charge < -0.3 is 5.32 Å². The first-order valence-electron chi connectivity index (χ1n) is 6.07. The molecule has 0 aliphatic carbocycles. The molecule has 78 valence electrons. The van der Waals surface area contributed by atoms with Crippen LogP contribution in [-0.4, -0.2) is 11.9 Å². The molecular weight excluding hydrogens is 162 g/mol. The van der Waals surface area contributed by atoms with Crippen LogP contribution in [0.2, 0.25) is 0 Å². The van der Waals surface area contributed by atoms with E-state index in [1.165, 1.54) is 0 Å². The van der Waals surface area contributed by atoms with Crippen LogP contribution < -0.4 is 5.32 Å². The molecule has 13 heavy (non-hydrogen) atoms. The standard InChI is InChI=1S/C11H23NO/c1-8(10(2,3)4)12-9(13)11(5,6)7/h8H,1-7H3,(H,12,13)/i1D3. The summed E-state index contributed by atoms with van der Waals surface area (Å²) in [5, 5.41) is 2.64. The second-order valence-corrected chi connectivity index (χ2v) is 5.52. The first kappa shape index (κ1) is 7.84. The largest absolute Gasteiger partial charge is 0.353 e. The average molecular weight is 188 g/mol. The lowest BCUT2D eigenvalue weighted by atomic mass is 9.86. The maximum atomic E-state index is 11.8. The summed E-state index contributed by atoms with van der Waals surface area (Å²) >= 11 is 0. The second kappa shape index (κ2) is 3.69. The average Bonchev–Trinajstić information content (AvgIpc) is 1.92. The fraction of sp³-hybridized carbons (Fsp3) is 0.909. The highest BCUT2D eigenvalue weighted by molar-refractivity contribution is 5.81. The summed E-state index contributed by atoms with van der Waals surface area (Å²) in [6, 6.07) is -0.827. The molecule has 2 heteroatoms. The number of rotatable bonds is 1. The molecule has 0 fully saturated rings. The zero-order valence-electron chi connectivity index (χ0n) is 12.5. The van der Waals surface area contributed by atoms with Gasteiger partial charge >= 0.3 is 0 Å². The molecule has 0 heterocycles. The number of nitrogens with one attached hydrogen (secondary N) is 1. The highest BCUT2D eigenvalue weighted by Gasteiger charge is 2.27. The van der Waals surface area contributed by atoms with Gasteiger partial charge in [-0.15, -0.1) is 0 Å². The minimum atomic E-state index is -2.18. The van der Waals surface area contributed by atoms with E-state index >= 15 is 0 Å². The van der Waals surface area contributed by atoms with Crippen molar-refractivity contribution in [2.75, 3.05) is 0 Å². The molecule has 0 aromatic carbocycles. The molecule has 0 saturated heterocycles. The Kier molecular flexibility index (Phi) is 2.22. The second-order valence-electron chi connectivity index (χ2n) is 5.52. The minimum absolute atomic E-state index is 0.233. The van der Waals surface area contributed by atoms with Crippen molar-refractivity contribution in [1.82, 2.24) is 5.32 Å². The third-order valence-corrected chi connectivity index (χ3v) is 1.82. The molecule has 0 saturated carbocycles. The molecule has 1 atom stereocenters. The summed E-state index contributed by atoms with van der Waals surface area (Å²) in [4.78, 5) is 11.8. The summed E-state index contributed by atoms with van der Waals surface area (Å²) in [5.41, 5.74) is -1.07. The van der Waals surface area contributed by atoms with Crippen molar-refractivity contribution in [3.05, 3.63) is 0 Å². The van der Waals surface area contributed by atoms with Gasteiger partial charge in [0.25, 0.3) is 0 Å². The molecule has 1 N–H and O–H groups in total. The van der Waals surface area contributed by atoms with Crippen LogP contribution in [0.15, 0.2) is 0 Å². The Bertz CT molecular complexity index is 244. The van der Waals surface area contributed by atoms with Crippen LogP contribution >= 0.6 is 0 Å². The SMILES string of the molecule is [2H]C([2H])([2H])C(NC(=O)C(C)(C)C)C(C)(C)C. The third-order valence-electron chi connectivity index (χ3n) is 1.82. The van der Waals surface area contributed by atoms with Gasteiger partial charge in [0.15, 0.2) is 0 Å².